The van der Waals surface area contributed by atoms with Gasteiger partial charge in [-0.05, 0) is 62.2 Å². The fraction of sp³-hybridized carbons (Fsp3) is 0.355. The molecule has 6 heterocycles. The summed E-state index contributed by atoms with van der Waals surface area (Å²) in [6, 6.07) is 13.8. The lowest BCUT2D eigenvalue weighted by atomic mass is 9.72. The molecular weight excluding hydrogens is 559 g/mol. The summed E-state index contributed by atoms with van der Waals surface area (Å²) < 4.78 is 44.2. The fourth-order valence-electron chi connectivity index (χ4n) is 6.36. The molecule has 2 aliphatic rings. The van der Waals surface area contributed by atoms with Gasteiger partial charge in [-0.2, -0.15) is 18.3 Å². The van der Waals surface area contributed by atoms with Gasteiger partial charge in [-0.25, -0.2) is 9.97 Å². The van der Waals surface area contributed by atoms with Crippen LogP contribution in [0.2, 0.25) is 0 Å². The average molecular weight is 590 g/mol. The summed E-state index contributed by atoms with van der Waals surface area (Å²) in [6.45, 7) is 4.30. The van der Waals surface area contributed by atoms with E-state index in [2.05, 4.69) is 25.1 Å². The van der Waals surface area contributed by atoms with Crippen LogP contribution in [0.15, 0.2) is 61.1 Å². The molecule has 1 atom stereocenters. The Kier molecular flexibility index (Phi) is 6.51. The molecule has 1 aromatic carbocycles. The van der Waals surface area contributed by atoms with Crippen LogP contribution in [0.5, 0.6) is 5.75 Å². The van der Waals surface area contributed by atoms with Crippen molar-refractivity contribution < 1.29 is 22.7 Å². The van der Waals surface area contributed by atoms with Gasteiger partial charge in [0.1, 0.15) is 35.4 Å². The molecule has 1 amide bonds. The molecular formula is C31H30F3N7O2. The van der Waals surface area contributed by atoms with Crippen LogP contribution in [0.4, 0.5) is 19.0 Å². The lowest BCUT2D eigenvalue weighted by Crippen LogP contribution is -2.61. The highest BCUT2D eigenvalue weighted by Crippen LogP contribution is 2.43. The second kappa shape index (κ2) is 10.3. The molecule has 222 valence electrons. The highest BCUT2D eigenvalue weighted by molar-refractivity contribution is 5.93. The van der Waals surface area contributed by atoms with Crippen LogP contribution < -0.4 is 9.64 Å². The minimum Gasteiger partial charge on any atom is -0.486 e. The molecule has 0 unspecified atom stereocenters. The minimum absolute atomic E-state index is 0.0183. The van der Waals surface area contributed by atoms with E-state index in [9.17, 15) is 18.0 Å². The highest BCUT2D eigenvalue weighted by Gasteiger charge is 2.46. The molecule has 2 fully saturated rings. The van der Waals surface area contributed by atoms with E-state index in [1.165, 1.54) is 4.90 Å². The third-order valence-corrected chi connectivity index (χ3v) is 8.71. The van der Waals surface area contributed by atoms with Crippen LogP contribution in [-0.2, 0) is 4.79 Å². The Hall–Kier alpha value is -4.61. The topological polar surface area (TPSA) is 103 Å². The number of nitrogens with one attached hydrogen (secondary N) is 2. The van der Waals surface area contributed by atoms with Gasteiger partial charge in [-0.15, -0.1) is 0 Å². The number of fused-ring (bicyclic) bond motifs is 2. The van der Waals surface area contributed by atoms with Crippen molar-refractivity contribution >= 4 is 33.7 Å². The first-order chi connectivity index (χ1) is 20.7. The Bertz CT molecular complexity index is 1780. The van der Waals surface area contributed by atoms with E-state index in [-0.39, 0.29) is 11.5 Å². The number of carbonyl (C=O) groups excluding carboxylic acids is 1. The second-order valence-electron chi connectivity index (χ2n) is 11.6. The van der Waals surface area contributed by atoms with Crippen LogP contribution in [0.1, 0.15) is 37.9 Å². The standard InChI is InChI=1S/C31H30F3N7O2/c1-19(22-6-10-35-29-23(22)7-11-36-29)43-21-3-4-25-24(14-21)28(39-38-25)20-2-5-26(37-16-20)41-17-30(18-41)8-12-40(13-9-30)27(42)15-31(32,33)34/h2-7,10-11,14,16,19H,8-9,12-13,15,17-18H2,1H3,(H,35,36)(H,38,39)/t19-/m1/s1. The lowest BCUT2D eigenvalue weighted by molar-refractivity contribution is -0.163. The lowest BCUT2D eigenvalue weighted by Gasteiger charge is -2.54. The summed E-state index contributed by atoms with van der Waals surface area (Å²) in [5, 5.41) is 9.60. The van der Waals surface area contributed by atoms with Crippen LogP contribution in [0.3, 0.4) is 0 Å². The maximum absolute atomic E-state index is 12.6. The Morgan fingerprint density at radius 1 is 1.07 bits per heavy atom. The quantitative estimate of drug-likeness (QED) is 0.251. The number of rotatable bonds is 6. The maximum Gasteiger partial charge on any atom is 0.397 e. The number of alkyl halides is 3. The number of nitrogens with zero attached hydrogens (tertiary/aromatic N) is 5. The van der Waals surface area contributed by atoms with Gasteiger partial charge >= 0.3 is 6.18 Å². The first kappa shape index (κ1) is 27.2. The molecule has 2 N–H and O–H groups in total. The number of halogens is 3. The van der Waals surface area contributed by atoms with Gasteiger partial charge in [0.15, 0.2) is 0 Å². The Balaban J connectivity index is 1.01. The number of piperidine rings is 1. The van der Waals surface area contributed by atoms with Crippen LogP contribution in [0.25, 0.3) is 33.2 Å². The summed E-state index contributed by atoms with van der Waals surface area (Å²) in [7, 11) is 0. The molecule has 9 nitrogen and oxygen atoms in total. The zero-order valence-corrected chi connectivity index (χ0v) is 23.5. The largest absolute Gasteiger partial charge is 0.486 e. The molecule has 2 aliphatic heterocycles. The fourth-order valence-corrected chi connectivity index (χ4v) is 6.36. The van der Waals surface area contributed by atoms with Crippen molar-refractivity contribution in [3.8, 4) is 17.0 Å². The van der Waals surface area contributed by atoms with Crippen molar-refractivity contribution in [3.05, 3.63) is 66.6 Å². The maximum atomic E-state index is 12.6. The van der Waals surface area contributed by atoms with Crippen molar-refractivity contribution in [2.24, 2.45) is 5.41 Å². The normalized spacial score (nSPS) is 17.4. The SMILES string of the molecule is C[C@@H](Oc1ccc2[nH]nc(-c3ccc(N4CC5(CCN(C(=O)CC(F)(F)F)CC5)C4)nc3)c2c1)c1ccnc2[nH]ccc12. The van der Waals surface area contributed by atoms with E-state index >= 15 is 0 Å². The number of ether oxygens (including phenoxy) is 1. The van der Waals surface area contributed by atoms with Gasteiger partial charge < -0.3 is 19.5 Å². The number of aromatic nitrogens is 5. The molecule has 43 heavy (non-hydrogen) atoms. The Morgan fingerprint density at radius 3 is 2.63 bits per heavy atom. The number of hydrogen-bond donors (Lipinski definition) is 2. The zero-order valence-electron chi connectivity index (χ0n) is 23.5. The van der Waals surface area contributed by atoms with Gasteiger partial charge in [-0.3, -0.25) is 9.89 Å². The van der Waals surface area contributed by atoms with Gasteiger partial charge in [0.25, 0.3) is 0 Å². The van der Waals surface area contributed by atoms with Crippen molar-refractivity contribution in [1.82, 2.24) is 30.0 Å². The first-order valence-corrected chi connectivity index (χ1v) is 14.3. The highest BCUT2D eigenvalue weighted by atomic mass is 19.4. The Labute approximate surface area is 245 Å². The summed E-state index contributed by atoms with van der Waals surface area (Å²) in [4.78, 5) is 27.7. The van der Waals surface area contributed by atoms with E-state index in [0.29, 0.717) is 25.9 Å². The number of pyridine rings is 2. The molecule has 2 saturated heterocycles. The second-order valence-corrected chi connectivity index (χ2v) is 11.6. The number of amides is 1. The predicted molar refractivity (Wildman–Crippen MR) is 156 cm³/mol. The number of H-pyrrole nitrogens is 2. The van der Waals surface area contributed by atoms with Crippen molar-refractivity contribution in [2.45, 2.75) is 38.5 Å². The van der Waals surface area contributed by atoms with Crippen molar-refractivity contribution in [3.63, 3.8) is 0 Å². The Morgan fingerprint density at radius 2 is 1.88 bits per heavy atom. The molecule has 0 aliphatic carbocycles. The molecule has 0 saturated carbocycles. The predicted octanol–water partition coefficient (Wildman–Crippen LogP) is 6.02. The summed E-state index contributed by atoms with van der Waals surface area (Å²) in [5.41, 5.74) is 4.43. The molecule has 5 aromatic rings. The van der Waals surface area contributed by atoms with E-state index in [0.717, 1.165) is 63.4 Å². The zero-order chi connectivity index (χ0) is 29.8. The molecule has 12 heteroatoms. The number of hydrogen-bond acceptors (Lipinski definition) is 6. The van der Waals surface area contributed by atoms with E-state index in [1.807, 2.05) is 61.8 Å². The first-order valence-electron chi connectivity index (χ1n) is 14.3. The number of carbonyl (C=O) groups is 1. The monoisotopic (exact) mass is 589 g/mol. The number of aromatic amines is 2. The van der Waals surface area contributed by atoms with Crippen LogP contribution in [0, 0.1) is 5.41 Å². The van der Waals surface area contributed by atoms with Crippen LogP contribution in [-0.4, -0.2) is 68.3 Å². The van der Waals surface area contributed by atoms with Crippen LogP contribution >= 0.6 is 0 Å². The molecule has 1 spiro atoms. The van der Waals surface area contributed by atoms with E-state index in [4.69, 9.17) is 9.72 Å². The summed E-state index contributed by atoms with van der Waals surface area (Å²) in [5.74, 6) is 0.738. The van der Waals surface area contributed by atoms with Gasteiger partial charge in [-0.1, -0.05) is 0 Å². The van der Waals surface area contributed by atoms with Gasteiger partial charge in [0.2, 0.25) is 5.91 Å². The number of benzene rings is 1. The molecule has 7 rings (SSSR count). The summed E-state index contributed by atoms with van der Waals surface area (Å²) in [6.07, 6.45) is 0.807. The van der Waals surface area contributed by atoms with Crippen molar-refractivity contribution in [2.75, 3.05) is 31.1 Å². The van der Waals surface area contributed by atoms with E-state index < -0.39 is 18.5 Å². The smallest absolute Gasteiger partial charge is 0.397 e. The van der Waals surface area contributed by atoms with E-state index in [1.54, 1.807) is 6.20 Å². The third-order valence-electron chi connectivity index (χ3n) is 8.71. The number of anilines is 1. The minimum atomic E-state index is -4.47. The van der Waals surface area contributed by atoms with Crippen molar-refractivity contribution in [1.29, 1.82) is 0 Å². The van der Waals surface area contributed by atoms with Gasteiger partial charge in [0.05, 0.1) is 5.52 Å². The number of likely N-dealkylation sites (tertiary alicyclic amines) is 1. The molecule has 0 bridgehead atoms. The molecule has 4 aromatic heterocycles. The van der Waals surface area contributed by atoms with Gasteiger partial charge in [0, 0.05) is 72.1 Å². The average Bonchev–Trinajstić information content (AvgIpc) is 3.62. The molecule has 0 radical (unpaired) electrons. The third kappa shape index (κ3) is 5.26. The summed E-state index contributed by atoms with van der Waals surface area (Å²) >= 11 is 0.